The lowest BCUT2D eigenvalue weighted by Crippen LogP contribution is -2.67. The molecule has 1 unspecified atom stereocenters. The lowest BCUT2D eigenvalue weighted by Gasteiger charge is -2.45. The first kappa shape index (κ1) is 31.7. The van der Waals surface area contributed by atoms with Crippen molar-refractivity contribution >= 4 is 24.8 Å². The Labute approximate surface area is 247 Å². The van der Waals surface area contributed by atoms with Crippen molar-refractivity contribution in [2.24, 2.45) is 0 Å². The van der Waals surface area contributed by atoms with E-state index in [1.807, 2.05) is 46.8 Å². The second-order valence-corrected chi connectivity index (χ2v) is 18.1. The molecule has 41 heavy (non-hydrogen) atoms. The summed E-state index contributed by atoms with van der Waals surface area (Å²) < 4.78 is 31.5. The van der Waals surface area contributed by atoms with Crippen LogP contribution in [0.1, 0.15) is 74.7 Å². The number of amides is 1. The standard InChI is InChI=1S/C33H49NO6Si/c1-31(2,3)40-30(35)34-28-20-19-24(21-25-22-36-33(7,8)39-25)38-29(28)23-37-41(32(4,5)6,26-15-11-9-12-16-26)27-17-13-10-14-18-27/h9-18,24-25,28-29H,19-23H2,1-8H3,(H,34,35)/t24-,25?,28+,29+/m0/s1. The average Bonchev–Trinajstić information content (AvgIpc) is 3.23. The summed E-state index contributed by atoms with van der Waals surface area (Å²) in [6, 6.07) is 20.9. The number of benzene rings is 2. The molecule has 0 aromatic heterocycles. The van der Waals surface area contributed by atoms with Crippen LogP contribution >= 0.6 is 0 Å². The normalized spacial score (nSPS) is 25.1. The predicted octanol–water partition coefficient (Wildman–Crippen LogP) is 5.55. The summed E-state index contributed by atoms with van der Waals surface area (Å²) in [5.74, 6) is -0.577. The van der Waals surface area contributed by atoms with E-state index in [1.165, 1.54) is 10.4 Å². The zero-order valence-corrected chi connectivity index (χ0v) is 27.1. The van der Waals surface area contributed by atoms with Crippen LogP contribution in [-0.4, -0.2) is 63.4 Å². The van der Waals surface area contributed by atoms with Crippen LogP contribution in [0.2, 0.25) is 5.04 Å². The maximum absolute atomic E-state index is 12.9. The molecule has 1 N–H and O–H groups in total. The Morgan fingerprint density at radius 3 is 2.00 bits per heavy atom. The Hall–Kier alpha value is -2.23. The van der Waals surface area contributed by atoms with Crippen molar-refractivity contribution in [3.63, 3.8) is 0 Å². The number of ether oxygens (including phenoxy) is 4. The van der Waals surface area contributed by atoms with Gasteiger partial charge in [0, 0.05) is 6.42 Å². The summed E-state index contributed by atoms with van der Waals surface area (Å²) >= 11 is 0. The molecule has 1 amide bonds. The Balaban J connectivity index is 1.61. The molecule has 2 aliphatic heterocycles. The number of carbonyl (C=O) groups is 1. The summed E-state index contributed by atoms with van der Waals surface area (Å²) in [5, 5.41) is 5.35. The molecule has 2 aromatic rings. The molecular weight excluding hydrogens is 534 g/mol. The van der Waals surface area contributed by atoms with Gasteiger partial charge in [-0.3, -0.25) is 0 Å². The zero-order valence-electron chi connectivity index (χ0n) is 26.1. The Morgan fingerprint density at radius 1 is 0.927 bits per heavy atom. The third kappa shape index (κ3) is 7.99. The van der Waals surface area contributed by atoms with Gasteiger partial charge in [-0.1, -0.05) is 81.4 Å². The summed E-state index contributed by atoms with van der Waals surface area (Å²) in [5.41, 5.74) is -0.588. The van der Waals surface area contributed by atoms with E-state index in [0.29, 0.717) is 13.2 Å². The molecule has 0 saturated carbocycles. The van der Waals surface area contributed by atoms with Gasteiger partial charge >= 0.3 is 6.09 Å². The molecule has 0 spiro atoms. The molecule has 2 aromatic carbocycles. The third-order valence-electron chi connectivity index (χ3n) is 7.79. The molecule has 0 radical (unpaired) electrons. The predicted molar refractivity (Wildman–Crippen MR) is 164 cm³/mol. The van der Waals surface area contributed by atoms with Crippen LogP contribution in [0.25, 0.3) is 0 Å². The fourth-order valence-electron chi connectivity index (χ4n) is 6.06. The highest BCUT2D eigenvalue weighted by Crippen LogP contribution is 2.38. The topological polar surface area (TPSA) is 75.3 Å². The number of rotatable bonds is 8. The maximum atomic E-state index is 12.9. The van der Waals surface area contributed by atoms with Crippen molar-refractivity contribution < 1.29 is 28.2 Å². The largest absolute Gasteiger partial charge is 0.444 e. The van der Waals surface area contributed by atoms with E-state index in [2.05, 4.69) is 74.6 Å². The van der Waals surface area contributed by atoms with Gasteiger partial charge in [-0.2, -0.15) is 0 Å². The van der Waals surface area contributed by atoms with E-state index in [1.54, 1.807) is 0 Å². The van der Waals surface area contributed by atoms with Crippen molar-refractivity contribution in [1.29, 1.82) is 0 Å². The van der Waals surface area contributed by atoms with Crippen molar-refractivity contribution in [2.75, 3.05) is 13.2 Å². The van der Waals surface area contributed by atoms with Gasteiger partial charge in [0.1, 0.15) is 11.7 Å². The minimum atomic E-state index is -2.79. The van der Waals surface area contributed by atoms with E-state index >= 15 is 0 Å². The van der Waals surface area contributed by atoms with Gasteiger partial charge in [0.25, 0.3) is 8.32 Å². The monoisotopic (exact) mass is 583 g/mol. The fraction of sp³-hybridized carbons (Fsp3) is 0.606. The minimum absolute atomic E-state index is 0.0244. The highest BCUT2D eigenvalue weighted by molar-refractivity contribution is 6.99. The number of nitrogens with one attached hydrogen (secondary N) is 1. The zero-order chi connectivity index (χ0) is 29.9. The molecule has 0 bridgehead atoms. The number of carbonyl (C=O) groups excluding carboxylic acids is 1. The lowest BCUT2D eigenvalue weighted by molar-refractivity contribution is -0.149. The molecule has 2 fully saturated rings. The Bertz CT molecular complexity index is 1090. The highest BCUT2D eigenvalue weighted by atomic mass is 28.4. The van der Waals surface area contributed by atoms with Crippen LogP contribution in [0.5, 0.6) is 0 Å². The summed E-state index contributed by atoms with van der Waals surface area (Å²) in [6.07, 6.45) is 1.46. The second kappa shape index (κ2) is 12.6. The van der Waals surface area contributed by atoms with E-state index in [-0.39, 0.29) is 29.4 Å². The van der Waals surface area contributed by atoms with Gasteiger partial charge in [0.05, 0.1) is 31.5 Å². The maximum Gasteiger partial charge on any atom is 0.407 e. The highest BCUT2D eigenvalue weighted by Gasteiger charge is 2.51. The van der Waals surface area contributed by atoms with E-state index in [4.69, 9.17) is 23.4 Å². The summed E-state index contributed by atoms with van der Waals surface area (Å²) in [6.45, 7) is 17.2. The first-order valence-electron chi connectivity index (χ1n) is 14.9. The van der Waals surface area contributed by atoms with Gasteiger partial charge < -0.3 is 28.7 Å². The summed E-state index contributed by atoms with van der Waals surface area (Å²) in [4.78, 5) is 12.9. The molecule has 2 saturated heterocycles. The quantitative estimate of drug-likeness (QED) is 0.411. The van der Waals surface area contributed by atoms with Gasteiger partial charge in [0.15, 0.2) is 5.79 Å². The average molecular weight is 584 g/mol. The molecule has 4 rings (SSSR count). The van der Waals surface area contributed by atoms with Crippen LogP contribution in [0, 0.1) is 0 Å². The van der Waals surface area contributed by atoms with E-state index in [0.717, 1.165) is 19.3 Å². The molecule has 2 heterocycles. The Kier molecular flexibility index (Phi) is 9.71. The molecule has 0 aliphatic carbocycles. The van der Waals surface area contributed by atoms with Crippen LogP contribution < -0.4 is 15.7 Å². The smallest absolute Gasteiger partial charge is 0.407 e. The van der Waals surface area contributed by atoms with Crippen LogP contribution in [0.3, 0.4) is 0 Å². The second-order valence-electron chi connectivity index (χ2n) is 13.8. The molecule has 2 aliphatic rings. The van der Waals surface area contributed by atoms with Crippen molar-refractivity contribution in [1.82, 2.24) is 5.32 Å². The van der Waals surface area contributed by atoms with Crippen molar-refractivity contribution in [3.05, 3.63) is 60.7 Å². The van der Waals surface area contributed by atoms with Crippen molar-refractivity contribution in [2.45, 2.75) is 115 Å². The summed E-state index contributed by atoms with van der Waals surface area (Å²) in [7, 11) is -2.79. The molecular formula is C33H49NO6Si. The van der Waals surface area contributed by atoms with Crippen LogP contribution in [0.4, 0.5) is 4.79 Å². The van der Waals surface area contributed by atoms with Crippen LogP contribution in [0.15, 0.2) is 60.7 Å². The molecule has 7 nitrogen and oxygen atoms in total. The van der Waals surface area contributed by atoms with Gasteiger partial charge in [-0.25, -0.2) is 4.79 Å². The first-order valence-corrected chi connectivity index (χ1v) is 16.8. The Morgan fingerprint density at radius 2 is 1.51 bits per heavy atom. The van der Waals surface area contributed by atoms with Gasteiger partial charge in [-0.15, -0.1) is 0 Å². The van der Waals surface area contributed by atoms with Gasteiger partial charge in [-0.05, 0) is 62.9 Å². The first-order chi connectivity index (χ1) is 19.2. The molecule has 226 valence electrons. The van der Waals surface area contributed by atoms with Gasteiger partial charge in [0.2, 0.25) is 0 Å². The third-order valence-corrected chi connectivity index (χ3v) is 12.8. The number of hydrogen-bond acceptors (Lipinski definition) is 6. The SMILES string of the molecule is CC(C)(C)OC(=O)N[C@@H]1CC[C@@H](CC2COC(C)(C)O2)O[C@@H]1CO[Si](c1ccccc1)(c1ccccc1)C(C)(C)C. The van der Waals surface area contributed by atoms with E-state index < -0.39 is 25.8 Å². The van der Waals surface area contributed by atoms with Crippen LogP contribution in [-0.2, 0) is 23.4 Å². The van der Waals surface area contributed by atoms with E-state index in [9.17, 15) is 4.79 Å². The van der Waals surface area contributed by atoms with Crippen molar-refractivity contribution in [3.8, 4) is 0 Å². The lowest BCUT2D eigenvalue weighted by atomic mass is 9.96. The number of alkyl carbamates (subject to hydrolysis) is 1. The fourth-order valence-corrected chi connectivity index (χ4v) is 10.6. The molecule has 4 atom stereocenters. The minimum Gasteiger partial charge on any atom is -0.444 e. The molecule has 8 heteroatoms. The number of hydrogen-bond donors (Lipinski definition) is 1.